The molecule has 0 spiro atoms. The first-order valence-electron chi connectivity index (χ1n) is 6.49. The predicted octanol–water partition coefficient (Wildman–Crippen LogP) is 3.34. The number of hydrogen-bond acceptors (Lipinski definition) is 2. The molecule has 3 rings (SSSR count). The number of anilines is 1. The highest BCUT2D eigenvalue weighted by Gasteiger charge is 2.33. The van der Waals surface area contributed by atoms with Crippen molar-refractivity contribution in [2.45, 2.75) is 50.7 Å². The molecular weight excluding hydrogens is 232 g/mol. The minimum atomic E-state index is 0.619. The Balaban J connectivity index is 1.70. The molecule has 3 heteroatoms. The van der Waals surface area contributed by atoms with E-state index in [4.69, 9.17) is 11.6 Å². The second kappa shape index (κ2) is 4.51. The molecule has 1 aromatic carbocycles. The molecule has 0 aromatic heterocycles. The van der Waals surface area contributed by atoms with Gasteiger partial charge in [-0.3, -0.25) is 0 Å². The summed E-state index contributed by atoms with van der Waals surface area (Å²) < 4.78 is 0. The van der Waals surface area contributed by atoms with Crippen LogP contribution in [-0.2, 0) is 0 Å². The summed E-state index contributed by atoms with van der Waals surface area (Å²) in [6.07, 6.45) is 5.20. The normalized spacial score (nSPS) is 31.5. The number of benzene rings is 1. The van der Waals surface area contributed by atoms with E-state index in [1.807, 2.05) is 12.1 Å². The minimum absolute atomic E-state index is 0.619. The van der Waals surface area contributed by atoms with Gasteiger partial charge in [-0.15, -0.1) is 0 Å². The van der Waals surface area contributed by atoms with Gasteiger partial charge in [-0.25, -0.2) is 0 Å². The van der Waals surface area contributed by atoms with Gasteiger partial charge in [0.05, 0.1) is 0 Å². The fraction of sp³-hybridized carbons (Fsp3) is 0.571. The highest BCUT2D eigenvalue weighted by atomic mass is 35.5. The quantitative estimate of drug-likeness (QED) is 0.841. The molecule has 2 bridgehead atoms. The van der Waals surface area contributed by atoms with Crippen LogP contribution in [0.25, 0.3) is 0 Å². The molecule has 2 heterocycles. The van der Waals surface area contributed by atoms with Crippen molar-refractivity contribution in [1.82, 2.24) is 5.32 Å². The number of hydrogen-bond donors (Lipinski definition) is 2. The van der Waals surface area contributed by atoms with Gasteiger partial charge in [0.1, 0.15) is 0 Å². The Labute approximate surface area is 108 Å². The van der Waals surface area contributed by atoms with Crippen LogP contribution < -0.4 is 10.6 Å². The fourth-order valence-electron chi connectivity index (χ4n) is 3.18. The molecule has 92 valence electrons. The van der Waals surface area contributed by atoms with Crippen molar-refractivity contribution in [3.05, 3.63) is 28.8 Å². The lowest BCUT2D eigenvalue weighted by Crippen LogP contribution is -2.43. The number of fused-ring (bicyclic) bond motifs is 2. The minimum Gasteiger partial charge on any atom is -0.382 e. The zero-order valence-electron chi connectivity index (χ0n) is 10.2. The number of nitrogens with one attached hydrogen (secondary N) is 2. The van der Waals surface area contributed by atoms with Crippen molar-refractivity contribution in [2.24, 2.45) is 0 Å². The second-order valence-electron chi connectivity index (χ2n) is 5.41. The van der Waals surface area contributed by atoms with Gasteiger partial charge in [0, 0.05) is 28.8 Å². The molecule has 2 unspecified atom stereocenters. The number of rotatable bonds is 2. The van der Waals surface area contributed by atoms with E-state index >= 15 is 0 Å². The van der Waals surface area contributed by atoms with E-state index in [1.54, 1.807) is 0 Å². The molecule has 17 heavy (non-hydrogen) atoms. The van der Waals surface area contributed by atoms with Crippen LogP contribution in [0.15, 0.2) is 18.2 Å². The van der Waals surface area contributed by atoms with Crippen LogP contribution in [0, 0.1) is 6.92 Å². The van der Waals surface area contributed by atoms with E-state index in [1.165, 1.54) is 36.9 Å². The van der Waals surface area contributed by atoms with E-state index in [0.29, 0.717) is 6.04 Å². The Hall–Kier alpha value is -0.730. The maximum absolute atomic E-state index is 5.98. The molecule has 2 aliphatic rings. The van der Waals surface area contributed by atoms with Crippen LogP contribution in [0.5, 0.6) is 0 Å². The third kappa shape index (κ3) is 2.43. The van der Waals surface area contributed by atoms with E-state index in [-0.39, 0.29) is 0 Å². The van der Waals surface area contributed by atoms with Crippen molar-refractivity contribution in [1.29, 1.82) is 0 Å². The molecule has 0 saturated carbocycles. The molecule has 0 radical (unpaired) electrons. The van der Waals surface area contributed by atoms with Crippen LogP contribution in [-0.4, -0.2) is 18.1 Å². The largest absolute Gasteiger partial charge is 0.382 e. The van der Waals surface area contributed by atoms with E-state index in [9.17, 15) is 0 Å². The molecule has 0 aliphatic carbocycles. The summed E-state index contributed by atoms with van der Waals surface area (Å²) in [5.41, 5.74) is 2.48. The number of halogens is 1. The Morgan fingerprint density at radius 2 is 1.94 bits per heavy atom. The topological polar surface area (TPSA) is 24.1 Å². The van der Waals surface area contributed by atoms with Gasteiger partial charge in [-0.05, 0) is 56.4 Å². The SMILES string of the molecule is Cc1cc(Cl)ccc1NC1CC2CCC(C1)N2. The molecule has 1 aromatic rings. The van der Waals surface area contributed by atoms with Crippen molar-refractivity contribution in [3.63, 3.8) is 0 Å². The van der Waals surface area contributed by atoms with Crippen LogP contribution in [0.4, 0.5) is 5.69 Å². The lowest BCUT2D eigenvalue weighted by molar-refractivity contribution is 0.378. The standard InChI is InChI=1S/C14H19ClN2/c1-9-6-10(15)2-5-14(9)17-13-7-11-3-4-12(8-13)16-11/h2,5-6,11-13,16-17H,3-4,7-8H2,1H3. The van der Waals surface area contributed by atoms with E-state index < -0.39 is 0 Å². The molecular formula is C14H19ClN2. The lowest BCUT2D eigenvalue weighted by Gasteiger charge is -2.30. The third-order valence-corrected chi connectivity index (χ3v) is 4.26. The van der Waals surface area contributed by atoms with Crippen LogP contribution >= 0.6 is 11.6 Å². The zero-order valence-corrected chi connectivity index (χ0v) is 10.9. The average Bonchev–Trinajstić information content (AvgIpc) is 2.62. The molecule has 2 aliphatic heterocycles. The molecule has 2 nitrogen and oxygen atoms in total. The number of piperidine rings is 1. The van der Waals surface area contributed by atoms with E-state index in [2.05, 4.69) is 23.6 Å². The van der Waals surface area contributed by atoms with E-state index in [0.717, 1.165) is 17.1 Å². The predicted molar refractivity (Wildman–Crippen MR) is 72.8 cm³/mol. The van der Waals surface area contributed by atoms with Gasteiger partial charge < -0.3 is 10.6 Å². The second-order valence-corrected chi connectivity index (χ2v) is 5.85. The summed E-state index contributed by atoms with van der Waals surface area (Å²) in [6, 6.07) is 8.18. The van der Waals surface area contributed by atoms with Gasteiger partial charge in [0.2, 0.25) is 0 Å². The Kier molecular flexibility index (Phi) is 3.01. The van der Waals surface area contributed by atoms with Crippen molar-refractivity contribution >= 4 is 17.3 Å². The van der Waals surface area contributed by atoms with Crippen LogP contribution in [0.2, 0.25) is 5.02 Å². The van der Waals surface area contributed by atoms with Crippen molar-refractivity contribution in [3.8, 4) is 0 Å². The maximum Gasteiger partial charge on any atom is 0.0410 e. The first-order chi connectivity index (χ1) is 8.20. The summed E-state index contributed by atoms with van der Waals surface area (Å²) in [5.74, 6) is 0. The van der Waals surface area contributed by atoms with Gasteiger partial charge in [0.15, 0.2) is 0 Å². The van der Waals surface area contributed by atoms with Gasteiger partial charge in [-0.2, -0.15) is 0 Å². The maximum atomic E-state index is 5.98. The Morgan fingerprint density at radius 1 is 1.24 bits per heavy atom. The highest BCUT2D eigenvalue weighted by molar-refractivity contribution is 6.30. The monoisotopic (exact) mass is 250 g/mol. The molecule has 2 N–H and O–H groups in total. The van der Waals surface area contributed by atoms with Crippen molar-refractivity contribution in [2.75, 3.05) is 5.32 Å². The summed E-state index contributed by atoms with van der Waals surface area (Å²) in [4.78, 5) is 0. The smallest absolute Gasteiger partial charge is 0.0410 e. The Bertz CT molecular complexity index is 407. The van der Waals surface area contributed by atoms with Crippen LogP contribution in [0.1, 0.15) is 31.2 Å². The van der Waals surface area contributed by atoms with Crippen LogP contribution in [0.3, 0.4) is 0 Å². The first-order valence-corrected chi connectivity index (χ1v) is 6.87. The molecule has 2 fully saturated rings. The fourth-order valence-corrected chi connectivity index (χ4v) is 3.41. The first kappa shape index (κ1) is 11.4. The summed E-state index contributed by atoms with van der Waals surface area (Å²) in [6.45, 7) is 2.11. The Morgan fingerprint density at radius 3 is 2.59 bits per heavy atom. The summed E-state index contributed by atoms with van der Waals surface area (Å²) >= 11 is 5.98. The summed E-state index contributed by atoms with van der Waals surface area (Å²) in [7, 11) is 0. The highest BCUT2D eigenvalue weighted by Crippen LogP contribution is 2.30. The zero-order chi connectivity index (χ0) is 11.8. The van der Waals surface area contributed by atoms with Gasteiger partial charge in [0.25, 0.3) is 0 Å². The molecule has 0 amide bonds. The van der Waals surface area contributed by atoms with Gasteiger partial charge >= 0.3 is 0 Å². The van der Waals surface area contributed by atoms with Gasteiger partial charge in [-0.1, -0.05) is 11.6 Å². The average molecular weight is 251 g/mol. The lowest BCUT2D eigenvalue weighted by atomic mass is 9.99. The summed E-state index contributed by atoms with van der Waals surface area (Å²) in [5, 5.41) is 8.17. The number of aryl methyl sites for hydroxylation is 1. The van der Waals surface area contributed by atoms with Crippen molar-refractivity contribution < 1.29 is 0 Å². The third-order valence-electron chi connectivity index (χ3n) is 4.02. The molecule has 2 atom stereocenters. The molecule has 2 saturated heterocycles.